The lowest BCUT2D eigenvalue weighted by Gasteiger charge is -2.33. The molecule has 1 fully saturated rings. The Labute approximate surface area is 238 Å². The third kappa shape index (κ3) is 4.89. The molecule has 3 heterocycles. The predicted molar refractivity (Wildman–Crippen MR) is 163 cm³/mol. The Morgan fingerprint density at radius 2 is 1.56 bits per heavy atom. The quantitative estimate of drug-likeness (QED) is 0.371. The van der Waals surface area contributed by atoms with Crippen molar-refractivity contribution in [3.8, 4) is 0 Å². The molecule has 4 aromatic rings. The Morgan fingerprint density at radius 3 is 2.17 bits per heavy atom. The summed E-state index contributed by atoms with van der Waals surface area (Å²) in [5, 5.41) is 3.97. The maximum Gasteiger partial charge on any atom is 0.331 e. The van der Waals surface area contributed by atoms with Gasteiger partial charge in [-0.1, -0.05) is 25.5 Å². The molecule has 5 rings (SSSR count). The van der Waals surface area contributed by atoms with E-state index in [9.17, 15) is 19.2 Å². The predicted octanol–water partition coefficient (Wildman–Crippen LogP) is 3.71. The number of aryl methyl sites for hydroxylation is 4. The van der Waals surface area contributed by atoms with E-state index in [0.717, 1.165) is 16.6 Å². The van der Waals surface area contributed by atoms with Gasteiger partial charge in [-0.2, -0.15) is 0 Å². The number of rotatable bonds is 7. The summed E-state index contributed by atoms with van der Waals surface area (Å²) in [6, 6.07) is 9.02. The highest BCUT2D eigenvalue weighted by Gasteiger charge is 2.29. The molecule has 1 aliphatic heterocycles. The maximum absolute atomic E-state index is 14.0. The minimum Gasteiger partial charge on any atom is -0.384 e. The molecule has 1 saturated heterocycles. The van der Waals surface area contributed by atoms with Crippen molar-refractivity contribution in [2.75, 3.05) is 25.0 Å². The van der Waals surface area contributed by atoms with Crippen molar-refractivity contribution in [3.63, 3.8) is 0 Å². The minimum absolute atomic E-state index is 0.0807. The maximum atomic E-state index is 14.0. The average molecular weight is 561 g/mol. The molecule has 10 nitrogen and oxygen atoms in total. The molecular weight excluding hydrogens is 520 g/mol. The largest absolute Gasteiger partial charge is 0.384 e. The molecule has 0 saturated carbocycles. The van der Waals surface area contributed by atoms with Crippen LogP contribution in [0.15, 0.2) is 44.7 Å². The number of benzene rings is 2. The highest BCUT2D eigenvalue weighted by molar-refractivity contribution is 6.03. The lowest BCUT2D eigenvalue weighted by molar-refractivity contribution is 0.0692. The summed E-state index contributed by atoms with van der Waals surface area (Å²) in [6.45, 7) is 12.6. The first-order valence-corrected chi connectivity index (χ1v) is 14.6. The standard InChI is InChI=1S/C31H40N6O4/c1-7-35-26-16-22(24(32-18-19(3)4)17-27(26)36(8-2)31(35)41)28(38)34-13-11-21(12-14-34)37-29(39)23-15-20(5)9-10-25(23)33(6)30(37)40/h9-10,15-17,19,21,32H,7-8,11-14,18H2,1-6H3. The zero-order chi connectivity index (χ0) is 29.6. The Balaban J connectivity index is 1.48. The van der Waals surface area contributed by atoms with Crippen LogP contribution < -0.4 is 22.3 Å². The number of nitrogens with zero attached hydrogens (tertiary/aromatic N) is 5. The van der Waals surface area contributed by atoms with Gasteiger partial charge in [0.2, 0.25) is 0 Å². The molecule has 218 valence electrons. The van der Waals surface area contributed by atoms with Crippen molar-refractivity contribution < 1.29 is 4.79 Å². The Kier molecular flexibility index (Phi) is 7.68. The van der Waals surface area contributed by atoms with Gasteiger partial charge in [-0.15, -0.1) is 0 Å². The summed E-state index contributed by atoms with van der Waals surface area (Å²) in [4.78, 5) is 55.5. The normalized spacial score (nSPS) is 14.5. The Morgan fingerprint density at radius 1 is 0.927 bits per heavy atom. The number of piperidine rings is 1. The van der Waals surface area contributed by atoms with Gasteiger partial charge in [0.15, 0.2) is 0 Å². The van der Waals surface area contributed by atoms with Gasteiger partial charge in [-0.05, 0) is 63.8 Å². The van der Waals surface area contributed by atoms with Crippen LogP contribution in [0.1, 0.15) is 62.5 Å². The van der Waals surface area contributed by atoms with Crippen LogP contribution in [0.25, 0.3) is 21.9 Å². The molecule has 0 spiro atoms. The fourth-order valence-electron chi connectivity index (χ4n) is 6.02. The number of anilines is 1. The summed E-state index contributed by atoms with van der Waals surface area (Å²) in [5.74, 6) is 0.245. The number of fused-ring (bicyclic) bond motifs is 2. The van der Waals surface area contributed by atoms with E-state index in [2.05, 4.69) is 19.2 Å². The number of amides is 1. The van der Waals surface area contributed by atoms with Crippen LogP contribution in [0.5, 0.6) is 0 Å². The first-order valence-electron chi connectivity index (χ1n) is 14.6. The molecule has 41 heavy (non-hydrogen) atoms. The highest BCUT2D eigenvalue weighted by atomic mass is 16.2. The van der Waals surface area contributed by atoms with Crippen LogP contribution in [0.3, 0.4) is 0 Å². The van der Waals surface area contributed by atoms with Crippen LogP contribution in [-0.2, 0) is 20.1 Å². The van der Waals surface area contributed by atoms with Gasteiger partial charge in [-0.3, -0.25) is 27.9 Å². The van der Waals surface area contributed by atoms with E-state index in [1.165, 1.54) is 9.13 Å². The average Bonchev–Trinajstić information content (AvgIpc) is 3.23. The van der Waals surface area contributed by atoms with Crippen molar-refractivity contribution in [2.24, 2.45) is 13.0 Å². The number of imidazole rings is 1. The summed E-state index contributed by atoms with van der Waals surface area (Å²) in [6.07, 6.45) is 1.00. The van der Waals surface area contributed by atoms with Crippen molar-refractivity contribution in [2.45, 2.75) is 66.6 Å². The number of nitrogens with one attached hydrogen (secondary N) is 1. The monoisotopic (exact) mass is 560 g/mol. The van der Waals surface area contributed by atoms with E-state index in [1.807, 2.05) is 51.1 Å². The number of likely N-dealkylation sites (tertiary alicyclic amines) is 1. The van der Waals surface area contributed by atoms with Gasteiger partial charge < -0.3 is 10.2 Å². The van der Waals surface area contributed by atoms with Gasteiger partial charge in [0.1, 0.15) is 0 Å². The zero-order valence-electron chi connectivity index (χ0n) is 24.9. The van der Waals surface area contributed by atoms with Crippen LogP contribution in [0.2, 0.25) is 0 Å². The molecule has 0 aliphatic carbocycles. The molecule has 1 N–H and O–H groups in total. The molecule has 0 bridgehead atoms. The van der Waals surface area contributed by atoms with Crippen molar-refractivity contribution in [1.82, 2.24) is 23.2 Å². The van der Waals surface area contributed by atoms with Crippen molar-refractivity contribution in [1.29, 1.82) is 0 Å². The van der Waals surface area contributed by atoms with Crippen LogP contribution in [0.4, 0.5) is 5.69 Å². The minimum atomic E-state index is -0.334. The lowest BCUT2D eigenvalue weighted by Crippen LogP contribution is -2.46. The Hall–Kier alpha value is -4.08. The fraction of sp³-hybridized carbons (Fsp3) is 0.484. The molecule has 0 unspecified atom stereocenters. The van der Waals surface area contributed by atoms with Gasteiger partial charge in [0, 0.05) is 51.5 Å². The summed E-state index contributed by atoms with van der Waals surface area (Å²) in [7, 11) is 1.69. The van der Waals surface area contributed by atoms with Crippen molar-refractivity contribution in [3.05, 3.63) is 72.8 Å². The second-order valence-corrected chi connectivity index (χ2v) is 11.5. The van der Waals surface area contributed by atoms with E-state index in [4.69, 9.17) is 0 Å². The van der Waals surface area contributed by atoms with Gasteiger partial charge in [-0.25, -0.2) is 9.59 Å². The second kappa shape index (κ2) is 11.1. The lowest BCUT2D eigenvalue weighted by atomic mass is 10.0. The Bertz CT molecular complexity index is 1820. The molecule has 0 radical (unpaired) electrons. The molecule has 2 aromatic heterocycles. The topological polar surface area (TPSA) is 103 Å². The van der Waals surface area contributed by atoms with Crippen LogP contribution in [0, 0.1) is 12.8 Å². The van der Waals surface area contributed by atoms with Crippen molar-refractivity contribution >= 4 is 33.5 Å². The van der Waals surface area contributed by atoms with E-state index >= 15 is 0 Å². The van der Waals surface area contributed by atoms with Gasteiger partial charge in [0.25, 0.3) is 11.5 Å². The van der Waals surface area contributed by atoms with Crippen LogP contribution >= 0.6 is 0 Å². The van der Waals surface area contributed by atoms with E-state index < -0.39 is 0 Å². The fourth-order valence-corrected chi connectivity index (χ4v) is 6.02. The first-order chi connectivity index (χ1) is 19.6. The third-order valence-electron chi connectivity index (χ3n) is 8.29. The van der Waals surface area contributed by atoms with E-state index in [-0.39, 0.29) is 28.9 Å². The second-order valence-electron chi connectivity index (χ2n) is 11.5. The zero-order valence-corrected chi connectivity index (χ0v) is 24.9. The summed E-state index contributed by atoms with van der Waals surface area (Å²) >= 11 is 0. The molecule has 1 amide bonds. The van der Waals surface area contributed by atoms with Gasteiger partial charge in [0.05, 0.1) is 27.5 Å². The molecule has 1 aliphatic rings. The molecule has 2 aromatic carbocycles. The summed E-state index contributed by atoms with van der Waals surface area (Å²) in [5.41, 5.74) is 3.68. The number of hydrogen-bond donors (Lipinski definition) is 1. The highest BCUT2D eigenvalue weighted by Crippen LogP contribution is 2.28. The molecular formula is C31H40N6O4. The number of aromatic nitrogens is 4. The SMILES string of the molecule is CCn1c(=O)n(CC)c2cc(C(=O)N3CCC(n4c(=O)c5cc(C)ccc5n(C)c4=O)CC3)c(NCC(C)C)cc21. The van der Waals surface area contributed by atoms with E-state index in [1.54, 1.807) is 21.1 Å². The van der Waals surface area contributed by atoms with Crippen LogP contribution in [-0.4, -0.2) is 48.7 Å². The molecule has 0 atom stereocenters. The number of carbonyl (C=O) groups is 1. The first kappa shape index (κ1) is 28.4. The summed E-state index contributed by atoms with van der Waals surface area (Å²) < 4.78 is 6.35. The third-order valence-corrected chi connectivity index (χ3v) is 8.29. The van der Waals surface area contributed by atoms with E-state index in [0.29, 0.717) is 73.6 Å². The number of carbonyl (C=O) groups excluding carboxylic acids is 1. The number of hydrogen-bond acceptors (Lipinski definition) is 5. The van der Waals surface area contributed by atoms with Gasteiger partial charge >= 0.3 is 11.4 Å². The smallest absolute Gasteiger partial charge is 0.331 e. The molecule has 10 heteroatoms.